The molecule has 0 aromatic heterocycles. The average Bonchev–Trinajstić information content (AvgIpc) is 2.70. The highest BCUT2D eigenvalue weighted by Crippen LogP contribution is 2.27. The number of benzene rings is 1. The van der Waals surface area contributed by atoms with E-state index in [-0.39, 0.29) is 30.3 Å². The number of amides is 2. The van der Waals surface area contributed by atoms with E-state index in [1.165, 1.54) is 0 Å². The SMILES string of the molecule is CC1[C@@H](C)O[C@@H](C)CN1c1ccc(NC(=O)N2CCC(NS(=O)(=O)C(C)(C)C)CC2)cc1. The van der Waals surface area contributed by atoms with Gasteiger partial charge in [-0.2, -0.15) is 0 Å². The first-order valence-corrected chi connectivity index (χ1v) is 13.0. The third-order valence-corrected chi connectivity index (χ3v) is 8.69. The Morgan fingerprint density at radius 2 is 1.66 bits per heavy atom. The number of nitrogens with zero attached hydrogens (tertiary/aromatic N) is 2. The van der Waals surface area contributed by atoms with Gasteiger partial charge in [-0.05, 0) is 78.6 Å². The van der Waals surface area contributed by atoms with Crippen LogP contribution in [0.5, 0.6) is 0 Å². The van der Waals surface area contributed by atoms with Crippen LogP contribution in [-0.4, -0.2) is 68.0 Å². The minimum absolute atomic E-state index is 0.136. The van der Waals surface area contributed by atoms with E-state index in [4.69, 9.17) is 4.74 Å². The van der Waals surface area contributed by atoms with Crippen LogP contribution in [0.25, 0.3) is 0 Å². The Labute approximate surface area is 192 Å². The zero-order chi connectivity index (χ0) is 23.7. The van der Waals surface area contributed by atoms with Gasteiger partial charge >= 0.3 is 6.03 Å². The summed E-state index contributed by atoms with van der Waals surface area (Å²) < 4.78 is 32.6. The topological polar surface area (TPSA) is 91.0 Å². The molecule has 2 aliphatic heterocycles. The number of sulfonamides is 1. The summed E-state index contributed by atoms with van der Waals surface area (Å²) in [6.45, 7) is 13.3. The summed E-state index contributed by atoms with van der Waals surface area (Å²) in [4.78, 5) is 16.8. The summed E-state index contributed by atoms with van der Waals surface area (Å²) in [5.41, 5.74) is 1.86. The number of likely N-dealkylation sites (tertiary alicyclic amines) is 1. The fourth-order valence-electron chi connectivity index (χ4n) is 4.10. The van der Waals surface area contributed by atoms with E-state index in [2.05, 4.69) is 35.7 Å². The van der Waals surface area contributed by atoms with E-state index in [9.17, 15) is 13.2 Å². The summed E-state index contributed by atoms with van der Waals surface area (Å²) >= 11 is 0. The molecule has 0 aliphatic carbocycles. The molecule has 0 bridgehead atoms. The number of hydrogen-bond donors (Lipinski definition) is 2. The van der Waals surface area contributed by atoms with Crippen molar-refractivity contribution in [3.8, 4) is 0 Å². The zero-order valence-electron chi connectivity index (χ0n) is 20.1. The smallest absolute Gasteiger partial charge is 0.321 e. The molecular formula is C23H38N4O4S. The van der Waals surface area contributed by atoms with E-state index < -0.39 is 14.8 Å². The third kappa shape index (κ3) is 5.74. The number of morpholine rings is 1. The Morgan fingerprint density at radius 3 is 2.22 bits per heavy atom. The van der Waals surface area contributed by atoms with Crippen molar-refractivity contribution in [2.24, 2.45) is 0 Å². The molecule has 0 radical (unpaired) electrons. The second-order valence-electron chi connectivity index (χ2n) is 10.0. The van der Waals surface area contributed by atoms with Crippen LogP contribution in [0.1, 0.15) is 54.4 Å². The number of piperidine rings is 1. The van der Waals surface area contributed by atoms with Gasteiger partial charge in [0.25, 0.3) is 0 Å². The molecule has 2 amide bonds. The third-order valence-electron chi connectivity index (χ3n) is 6.43. The average molecular weight is 467 g/mol. The molecule has 2 aliphatic rings. The fraction of sp³-hybridized carbons (Fsp3) is 0.696. The molecule has 0 spiro atoms. The molecule has 0 saturated carbocycles. The number of carbonyl (C=O) groups is 1. The highest BCUT2D eigenvalue weighted by atomic mass is 32.2. The first kappa shape index (κ1) is 24.8. The number of ether oxygens (including phenoxy) is 1. The molecule has 2 N–H and O–H groups in total. The summed E-state index contributed by atoms with van der Waals surface area (Å²) in [5.74, 6) is 0. The maximum atomic E-state index is 12.7. The Balaban J connectivity index is 1.52. The van der Waals surface area contributed by atoms with Crippen molar-refractivity contribution in [2.45, 2.75) is 83.4 Å². The van der Waals surface area contributed by atoms with Crippen LogP contribution < -0.4 is 14.9 Å². The van der Waals surface area contributed by atoms with E-state index in [0.29, 0.717) is 25.9 Å². The number of carbonyl (C=O) groups excluding carboxylic acids is 1. The molecule has 1 aromatic rings. The summed E-state index contributed by atoms with van der Waals surface area (Å²) in [5, 5.41) is 2.96. The highest BCUT2D eigenvalue weighted by molar-refractivity contribution is 7.90. The second kappa shape index (κ2) is 9.57. The predicted molar refractivity (Wildman–Crippen MR) is 129 cm³/mol. The van der Waals surface area contributed by atoms with Gasteiger partial charge in [0.1, 0.15) is 0 Å². The van der Waals surface area contributed by atoms with Crippen LogP contribution in [0.3, 0.4) is 0 Å². The minimum atomic E-state index is -3.39. The van der Waals surface area contributed by atoms with Gasteiger partial charge in [0, 0.05) is 37.1 Å². The van der Waals surface area contributed by atoms with Gasteiger partial charge in [-0.15, -0.1) is 0 Å². The second-order valence-corrected chi connectivity index (χ2v) is 12.5. The Bertz CT molecular complexity index is 890. The van der Waals surface area contributed by atoms with Crippen molar-refractivity contribution in [1.29, 1.82) is 0 Å². The summed E-state index contributed by atoms with van der Waals surface area (Å²) in [6, 6.07) is 7.90. The largest absolute Gasteiger partial charge is 0.372 e. The molecule has 9 heteroatoms. The van der Waals surface area contributed by atoms with Crippen LogP contribution in [0.15, 0.2) is 24.3 Å². The molecule has 8 nitrogen and oxygen atoms in total. The molecule has 2 heterocycles. The number of hydrogen-bond acceptors (Lipinski definition) is 5. The van der Waals surface area contributed by atoms with Gasteiger partial charge in [0.05, 0.1) is 23.0 Å². The number of rotatable bonds is 4. The maximum absolute atomic E-state index is 12.7. The van der Waals surface area contributed by atoms with Crippen LogP contribution >= 0.6 is 0 Å². The first-order chi connectivity index (χ1) is 14.9. The van der Waals surface area contributed by atoms with Gasteiger partial charge in [0.2, 0.25) is 10.0 Å². The Morgan fingerprint density at radius 1 is 1.06 bits per heavy atom. The van der Waals surface area contributed by atoms with Crippen LogP contribution in [0.4, 0.5) is 16.2 Å². The molecule has 2 saturated heterocycles. The molecule has 1 aromatic carbocycles. The van der Waals surface area contributed by atoms with Gasteiger partial charge < -0.3 is 19.9 Å². The van der Waals surface area contributed by atoms with Crippen LogP contribution in [-0.2, 0) is 14.8 Å². The van der Waals surface area contributed by atoms with Crippen molar-refractivity contribution >= 4 is 27.4 Å². The van der Waals surface area contributed by atoms with E-state index in [1.54, 1.807) is 25.7 Å². The number of anilines is 2. The Kier molecular flexibility index (Phi) is 7.41. The number of urea groups is 1. The van der Waals surface area contributed by atoms with E-state index >= 15 is 0 Å². The van der Waals surface area contributed by atoms with Crippen LogP contribution in [0, 0.1) is 0 Å². The number of nitrogens with one attached hydrogen (secondary N) is 2. The summed E-state index contributed by atoms with van der Waals surface area (Å²) in [6.07, 6.45) is 1.55. The normalized spacial score (nSPS) is 25.6. The molecule has 2 fully saturated rings. The lowest BCUT2D eigenvalue weighted by Crippen LogP contribution is -2.52. The standard InChI is InChI=1S/C23H38N4O4S/c1-16-15-27(17(2)18(3)31-16)21-9-7-19(8-10-21)24-22(28)26-13-11-20(12-14-26)25-32(29,30)23(4,5)6/h7-10,16-18,20,25H,11-15H2,1-6H3,(H,24,28)/t16-,17?,18+/m0/s1. The van der Waals surface area contributed by atoms with Crippen molar-refractivity contribution in [3.63, 3.8) is 0 Å². The summed E-state index contributed by atoms with van der Waals surface area (Å²) in [7, 11) is -3.39. The molecule has 32 heavy (non-hydrogen) atoms. The molecular weight excluding hydrogens is 428 g/mol. The highest BCUT2D eigenvalue weighted by Gasteiger charge is 2.33. The van der Waals surface area contributed by atoms with Crippen LogP contribution in [0.2, 0.25) is 0 Å². The van der Waals surface area contributed by atoms with Crippen molar-refractivity contribution in [2.75, 3.05) is 29.9 Å². The molecule has 3 atom stereocenters. The minimum Gasteiger partial charge on any atom is -0.372 e. The van der Waals surface area contributed by atoms with E-state index in [0.717, 1.165) is 17.9 Å². The Hall–Kier alpha value is -1.84. The lowest BCUT2D eigenvalue weighted by Gasteiger charge is -2.42. The predicted octanol–water partition coefficient (Wildman–Crippen LogP) is 3.40. The monoisotopic (exact) mass is 466 g/mol. The first-order valence-electron chi connectivity index (χ1n) is 11.5. The van der Waals surface area contributed by atoms with Crippen molar-refractivity contribution in [1.82, 2.24) is 9.62 Å². The van der Waals surface area contributed by atoms with E-state index in [1.807, 2.05) is 24.3 Å². The van der Waals surface area contributed by atoms with Gasteiger partial charge in [-0.25, -0.2) is 17.9 Å². The van der Waals surface area contributed by atoms with Gasteiger partial charge in [-0.3, -0.25) is 0 Å². The molecule has 3 rings (SSSR count). The lowest BCUT2D eigenvalue weighted by molar-refractivity contribution is -0.0257. The maximum Gasteiger partial charge on any atom is 0.321 e. The van der Waals surface area contributed by atoms with Gasteiger partial charge in [0.15, 0.2) is 0 Å². The molecule has 1 unspecified atom stereocenters. The quantitative estimate of drug-likeness (QED) is 0.710. The van der Waals surface area contributed by atoms with Crippen molar-refractivity contribution in [3.05, 3.63) is 24.3 Å². The zero-order valence-corrected chi connectivity index (χ0v) is 20.9. The van der Waals surface area contributed by atoms with Gasteiger partial charge in [-0.1, -0.05) is 0 Å². The molecule has 180 valence electrons. The lowest BCUT2D eigenvalue weighted by atomic mass is 10.1. The fourth-order valence-corrected chi connectivity index (χ4v) is 5.12. The van der Waals surface area contributed by atoms with Crippen molar-refractivity contribution < 1.29 is 17.9 Å².